The molecule has 3 aromatic heterocycles. The molecule has 2 N–H and O–H groups in total. The van der Waals surface area contributed by atoms with Crippen LogP contribution >= 0.6 is 7.60 Å². The van der Waals surface area contributed by atoms with E-state index in [0.29, 0.717) is 50.1 Å². The number of pyridine rings is 2. The summed E-state index contributed by atoms with van der Waals surface area (Å²) in [5.74, 6) is 0.138. The number of rotatable bonds is 10. The minimum atomic E-state index is -3.27. The third-order valence-electron chi connectivity index (χ3n) is 6.73. The van der Waals surface area contributed by atoms with Gasteiger partial charge in [0.2, 0.25) is 5.95 Å². The highest BCUT2D eigenvalue weighted by molar-refractivity contribution is 7.53. The minimum Gasteiger partial charge on any atom is -0.368 e. The number of nitrogens with two attached hydrogens (primary N) is 1. The van der Waals surface area contributed by atoms with Gasteiger partial charge in [-0.3, -0.25) is 18.9 Å². The summed E-state index contributed by atoms with van der Waals surface area (Å²) in [4.78, 5) is 27.2. The molecule has 10 nitrogen and oxygen atoms in total. The van der Waals surface area contributed by atoms with Gasteiger partial charge in [0.1, 0.15) is 12.0 Å². The molecule has 0 radical (unpaired) electrons. The van der Waals surface area contributed by atoms with Crippen LogP contribution in [0.5, 0.6) is 0 Å². The average Bonchev–Trinajstić information content (AvgIpc) is 2.88. The largest absolute Gasteiger partial charge is 0.368 e. The molecule has 0 spiro atoms. The van der Waals surface area contributed by atoms with Crippen molar-refractivity contribution in [2.45, 2.75) is 71.9 Å². The number of anilines is 1. The molecule has 0 aromatic carbocycles. The predicted molar refractivity (Wildman–Crippen MR) is 144 cm³/mol. The van der Waals surface area contributed by atoms with E-state index in [1.54, 1.807) is 24.6 Å². The van der Waals surface area contributed by atoms with Gasteiger partial charge >= 0.3 is 7.60 Å². The van der Waals surface area contributed by atoms with Gasteiger partial charge in [-0.05, 0) is 65.0 Å². The smallest absolute Gasteiger partial charge is 0.356 e. The lowest BCUT2D eigenvalue weighted by Gasteiger charge is -2.31. The molecule has 1 fully saturated rings. The SMILES string of the molecule is CCOP(=O)(COC1CCC(n2c(=O)c(-c3ccc(CC)nc3)cc3c(C)nc(N)nc32)CC1)OCC. The zero-order valence-electron chi connectivity index (χ0n) is 22.0. The number of hydrogen-bond acceptors (Lipinski definition) is 9. The maximum Gasteiger partial charge on any atom is 0.356 e. The normalized spacial score (nSPS) is 18.4. The second-order valence-electron chi connectivity index (χ2n) is 9.20. The first kappa shape index (κ1) is 27.4. The number of aromatic nitrogens is 4. The van der Waals surface area contributed by atoms with Crippen molar-refractivity contribution in [3.8, 4) is 11.1 Å². The van der Waals surface area contributed by atoms with E-state index < -0.39 is 7.60 Å². The van der Waals surface area contributed by atoms with Gasteiger partial charge < -0.3 is 19.5 Å². The Balaban J connectivity index is 1.63. The van der Waals surface area contributed by atoms with Crippen molar-refractivity contribution < 1.29 is 18.3 Å². The Bertz CT molecular complexity index is 1330. The zero-order valence-corrected chi connectivity index (χ0v) is 22.9. The maximum absolute atomic E-state index is 13.9. The molecule has 1 aliphatic rings. The van der Waals surface area contributed by atoms with E-state index in [9.17, 15) is 9.36 Å². The van der Waals surface area contributed by atoms with Gasteiger partial charge in [-0.2, -0.15) is 4.98 Å². The molecule has 0 saturated heterocycles. The number of ether oxygens (including phenoxy) is 1. The summed E-state index contributed by atoms with van der Waals surface area (Å²) in [6.45, 7) is 8.06. The molecule has 4 rings (SSSR count). The zero-order chi connectivity index (χ0) is 26.6. The average molecular weight is 530 g/mol. The molecule has 37 heavy (non-hydrogen) atoms. The van der Waals surface area contributed by atoms with Gasteiger partial charge in [-0.1, -0.05) is 13.0 Å². The Morgan fingerprint density at radius 1 is 1.08 bits per heavy atom. The van der Waals surface area contributed by atoms with Gasteiger partial charge in [0.05, 0.1) is 25.0 Å². The Labute approximate surface area is 217 Å². The lowest BCUT2D eigenvalue weighted by Crippen LogP contribution is -2.32. The van der Waals surface area contributed by atoms with Crippen LogP contribution in [0.4, 0.5) is 5.95 Å². The topological polar surface area (TPSA) is 131 Å². The van der Waals surface area contributed by atoms with Gasteiger partial charge in [0.25, 0.3) is 5.56 Å². The Morgan fingerprint density at radius 2 is 1.78 bits per heavy atom. The van der Waals surface area contributed by atoms with Gasteiger partial charge in [-0.15, -0.1) is 0 Å². The van der Waals surface area contributed by atoms with Crippen LogP contribution < -0.4 is 11.3 Å². The third kappa shape index (κ3) is 6.09. The van der Waals surface area contributed by atoms with Gasteiger partial charge in [0, 0.05) is 34.4 Å². The maximum atomic E-state index is 13.9. The van der Waals surface area contributed by atoms with Crippen LogP contribution in [0.1, 0.15) is 63.9 Å². The van der Waals surface area contributed by atoms with Crippen molar-refractivity contribution >= 4 is 24.6 Å². The van der Waals surface area contributed by atoms with E-state index in [4.69, 9.17) is 19.5 Å². The summed E-state index contributed by atoms with van der Waals surface area (Å²) in [6, 6.07) is 5.64. The van der Waals surface area contributed by atoms with Gasteiger partial charge in [-0.25, -0.2) is 4.98 Å². The van der Waals surface area contributed by atoms with Gasteiger partial charge in [0.15, 0.2) is 0 Å². The Hall–Kier alpha value is -2.65. The first-order valence-corrected chi connectivity index (χ1v) is 14.7. The number of aryl methyl sites for hydroxylation is 2. The summed E-state index contributed by atoms with van der Waals surface area (Å²) in [5.41, 5.74) is 9.41. The second kappa shape index (κ2) is 11.8. The van der Waals surface area contributed by atoms with Crippen LogP contribution in [0.2, 0.25) is 0 Å². The molecule has 11 heteroatoms. The first-order valence-electron chi connectivity index (χ1n) is 12.9. The van der Waals surface area contributed by atoms with Crippen molar-refractivity contribution in [3.05, 3.63) is 46.1 Å². The van der Waals surface area contributed by atoms with E-state index >= 15 is 0 Å². The van der Waals surface area contributed by atoms with E-state index in [1.807, 2.05) is 32.0 Å². The van der Waals surface area contributed by atoms with Crippen LogP contribution in [-0.4, -0.2) is 45.2 Å². The monoisotopic (exact) mass is 529 g/mol. The van der Waals surface area contributed by atoms with E-state index in [-0.39, 0.29) is 30.0 Å². The molecular weight excluding hydrogens is 493 g/mol. The highest BCUT2D eigenvalue weighted by Gasteiger charge is 2.30. The summed E-state index contributed by atoms with van der Waals surface area (Å²) < 4.78 is 31.2. The van der Waals surface area contributed by atoms with Crippen LogP contribution in [0.15, 0.2) is 29.2 Å². The molecule has 0 unspecified atom stereocenters. The number of nitrogen functional groups attached to an aromatic ring is 1. The Morgan fingerprint density at radius 3 is 2.38 bits per heavy atom. The fraction of sp³-hybridized carbons (Fsp3) is 0.538. The lowest BCUT2D eigenvalue weighted by molar-refractivity contribution is 0.0324. The van der Waals surface area contributed by atoms with Crippen LogP contribution in [-0.2, 0) is 24.8 Å². The minimum absolute atomic E-state index is 0.0773. The number of fused-ring (bicyclic) bond motifs is 1. The molecular formula is C26H36N5O5P. The molecule has 3 aromatic rings. The lowest BCUT2D eigenvalue weighted by atomic mass is 9.92. The predicted octanol–water partition coefficient (Wildman–Crippen LogP) is 5.03. The number of hydrogen-bond donors (Lipinski definition) is 1. The van der Waals surface area contributed by atoms with E-state index in [0.717, 1.165) is 28.8 Å². The summed E-state index contributed by atoms with van der Waals surface area (Å²) in [7, 11) is -3.27. The van der Waals surface area contributed by atoms with E-state index in [2.05, 4.69) is 15.0 Å². The fourth-order valence-electron chi connectivity index (χ4n) is 4.88. The van der Waals surface area contributed by atoms with Crippen molar-refractivity contribution in [2.75, 3.05) is 25.3 Å². The van der Waals surface area contributed by atoms with Crippen LogP contribution in [0, 0.1) is 6.92 Å². The summed E-state index contributed by atoms with van der Waals surface area (Å²) in [5, 5.41) is 0.788. The third-order valence-corrected chi connectivity index (χ3v) is 8.49. The molecule has 0 aliphatic heterocycles. The molecule has 1 saturated carbocycles. The fourth-order valence-corrected chi connectivity index (χ4v) is 6.29. The van der Waals surface area contributed by atoms with Crippen LogP contribution in [0.3, 0.4) is 0 Å². The second-order valence-corrected chi connectivity index (χ2v) is 11.2. The molecule has 0 bridgehead atoms. The summed E-state index contributed by atoms with van der Waals surface area (Å²) >= 11 is 0. The van der Waals surface area contributed by atoms with Crippen molar-refractivity contribution in [1.82, 2.24) is 19.5 Å². The summed E-state index contributed by atoms with van der Waals surface area (Å²) in [6.07, 6.45) is 5.21. The van der Waals surface area contributed by atoms with Crippen molar-refractivity contribution in [3.63, 3.8) is 0 Å². The Kier molecular flexibility index (Phi) is 8.75. The van der Waals surface area contributed by atoms with Crippen molar-refractivity contribution in [1.29, 1.82) is 0 Å². The molecule has 0 atom stereocenters. The quantitative estimate of drug-likeness (QED) is 0.359. The molecule has 0 amide bonds. The number of nitrogens with zero attached hydrogens (tertiary/aromatic N) is 4. The molecule has 1 aliphatic carbocycles. The van der Waals surface area contributed by atoms with Crippen LogP contribution in [0.25, 0.3) is 22.2 Å². The molecule has 200 valence electrons. The highest BCUT2D eigenvalue weighted by atomic mass is 31.2. The highest BCUT2D eigenvalue weighted by Crippen LogP contribution is 2.48. The first-order chi connectivity index (χ1) is 17.8. The van der Waals surface area contributed by atoms with Crippen molar-refractivity contribution in [2.24, 2.45) is 0 Å². The van der Waals surface area contributed by atoms with E-state index in [1.165, 1.54) is 0 Å². The molecule has 3 heterocycles. The standard InChI is InChI=1S/C26H36N5O5P/c1-5-19-9-8-18(15-28-19)23-14-22-17(4)29-26(27)30-24(22)31(25(23)32)20-10-12-21(13-11-20)34-16-37(33,35-6-2)36-7-3/h8-9,14-15,20-21H,5-7,10-13,16H2,1-4H3,(H2,27,29,30).